The Morgan fingerprint density at radius 1 is 0.852 bits per heavy atom. The van der Waals surface area contributed by atoms with Crippen LogP contribution in [0.15, 0.2) is 60.8 Å². The Balaban J connectivity index is 1.62. The lowest BCUT2D eigenvalue weighted by atomic mass is 10.1. The molecule has 4 rings (SSSR count). The van der Waals surface area contributed by atoms with E-state index in [0.717, 1.165) is 23.0 Å². The molecule has 5 heteroatoms. The Bertz CT molecular complexity index is 970. The molecule has 0 N–H and O–H groups in total. The molecule has 5 nitrogen and oxygen atoms in total. The molecule has 0 unspecified atom stereocenters. The van der Waals surface area contributed by atoms with Crippen molar-refractivity contribution in [3.05, 3.63) is 71.9 Å². The van der Waals surface area contributed by atoms with Crippen molar-refractivity contribution in [3.63, 3.8) is 0 Å². The molecule has 2 heterocycles. The Morgan fingerprint density at radius 2 is 1.48 bits per heavy atom. The summed E-state index contributed by atoms with van der Waals surface area (Å²) in [4.78, 5) is 28.3. The first-order valence-corrected chi connectivity index (χ1v) is 9.30. The van der Waals surface area contributed by atoms with E-state index in [0.29, 0.717) is 26.2 Å². The first-order chi connectivity index (χ1) is 13.1. The maximum atomic E-state index is 13.2. The zero-order valence-corrected chi connectivity index (χ0v) is 15.5. The monoisotopic (exact) mass is 361 g/mol. The Morgan fingerprint density at radius 3 is 2.19 bits per heavy atom. The van der Waals surface area contributed by atoms with E-state index in [2.05, 4.69) is 22.8 Å². The predicted octanol–water partition coefficient (Wildman–Crippen LogP) is 2.99. The molecule has 1 saturated heterocycles. The van der Waals surface area contributed by atoms with E-state index in [9.17, 15) is 9.59 Å². The SMILES string of the molecule is CC(=O)N1CCN(C(=O)c2cn(Cc3ccccc3)c3ccccc23)CC1. The van der Waals surface area contributed by atoms with E-state index in [-0.39, 0.29) is 11.8 Å². The van der Waals surface area contributed by atoms with Crippen molar-refractivity contribution in [3.8, 4) is 0 Å². The van der Waals surface area contributed by atoms with Crippen LogP contribution in [0.2, 0.25) is 0 Å². The number of piperazine rings is 1. The average molecular weight is 361 g/mol. The van der Waals surface area contributed by atoms with Crippen LogP contribution in [0.3, 0.4) is 0 Å². The van der Waals surface area contributed by atoms with Gasteiger partial charge in [0, 0.05) is 56.7 Å². The zero-order valence-electron chi connectivity index (χ0n) is 15.5. The second-order valence-electron chi connectivity index (χ2n) is 6.97. The minimum Gasteiger partial charge on any atom is -0.342 e. The Hall–Kier alpha value is -3.08. The van der Waals surface area contributed by atoms with Gasteiger partial charge in [-0.05, 0) is 11.6 Å². The summed E-state index contributed by atoms with van der Waals surface area (Å²) in [5.74, 6) is 0.114. The number of hydrogen-bond acceptors (Lipinski definition) is 2. The fraction of sp³-hybridized carbons (Fsp3) is 0.273. The van der Waals surface area contributed by atoms with Gasteiger partial charge in [0.25, 0.3) is 5.91 Å². The van der Waals surface area contributed by atoms with Crippen LogP contribution in [0, 0.1) is 0 Å². The number of rotatable bonds is 3. The van der Waals surface area contributed by atoms with Crippen LogP contribution in [0.1, 0.15) is 22.8 Å². The second-order valence-corrected chi connectivity index (χ2v) is 6.97. The smallest absolute Gasteiger partial charge is 0.256 e. The van der Waals surface area contributed by atoms with Crippen LogP contribution in [0.5, 0.6) is 0 Å². The highest BCUT2D eigenvalue weighted by Crippen LogP contribution is 2.24. The van der Waals surface area contributed by atoms with Gasteiger partial charge in [0.05, 0.1) is 5.56 Å². The number of benzene rings is 2. The molecule has 3 aromatic rings. The lowest BCUT2D eigenvalue weighted by molar-refractivity contribution is -0.130. The minimum atomic E-state index is 0.0428. The lowest BCUT2D eigenvalue weighted by Gasteiger charge is -2.34. The first-order valence-electron chi connectivity index (χ1n) is 9.30. The van der Waals surface area contributed by atoms with Crippen molar-refractivity contribution >= 4 is 22.7 Å². The van der Waals surface area contributed by atoms with E-state index in [1.807, 2.05) is 47.5 Å². The van der Waals surface area contributed by atoms with E-state index in [4.69, 9.17) is 0 Å². The molecule has 2 amide bonds. The van der Waals surface area contributed by atoms with Crippen LogP contribution in [-0.2, 0) is 11.3 Å². The molecule has 1 aromatic heterocycles. The molecule has 0 atom stereocenters. The van der Waals surface area contributed by atoms with Gasteiger partial charge in [-0.2, -0.15) is 0 Å². The summed E-state index contributed by atoms with van der Waals surface area (Å²) in [6.45, 7) is 4.67. The van der Waals surface area contributed by atoms with Gasteiger partial charge in [-0.1, -0.05) is 48.5 Å². The molecule has 0 saturated carbocycles. The molecule has 27 heavy (non-hydrogen) atoms. The summed E-state index contributed by atoms with van der Waals surface area (Å²) >= 11 is 0. The van der Waals surface area contributed by atoms with Crippen molar-refractivity contribution in [1.29, 1.82) is 0 Å². The first kappa shape index (κ1) is 17.3. The summed E-state index contributed by atoms with van der Waals surface area (Å²) < 4.78 is 2.14. The van der Waals surface area contributed by atoms with Gasteiger partial charge in [0.15, 0.2) is 0 Å². The summed E-state index contributed by atoms with van der Waals surface area (Å²) in [6, 6.07) is 18.3. The third-order valence-electron chi connectivity index (χ3n) is 5.23. The fourth-order valence-corrected chi connectivity index (χ4v) is 3.72. The van der Waals surface area contributed by atoms with Crippen LogP contribution in [0.4, 0.5) is 0 Å². The van der Waals surface area contributed by atoms with E-state index >= 15 is 0 Å². The molecular weight excluding hydrogens is 338 g/mol. The normalized spacial score (nSPS) is 14.6. The molecular formula is C22H23N3O2. The van der Waals surface area contributed by atoms with Crippen molar-refractivity contribution in [1.82, 2.24) is 14.4 Å². The maximum absolute atomic E-state index is 13.2. The summed E-state index contributed by atoms with van der Waals surface area (Å²) in [5.41, 5.74) is 3.00. The Labute approximate surface area is 158 Å². The van der Waals surface area contributed by atoms with Crippen molar-refractivity contribution < 1.29 is 9.59 Å². The van der Waals surface area contributed by atoms with Gasteiger partial charge in [0.2, 0.25) is 5.91 Å². The summed E-state index contributed by atoms with van der Waals surface area (Å²) in [5, 5.41) is 0.979. The number of para-hydroxylation sites is 1. The molecule has 0 spiro atoms. The zero-order chi connectivity index (χ0) is 18.8. The van der Waals surface area contributed by atoms with E-state index in [1.54, 1.807) is 11.8 Å². The number of nitrogens with zero attached hydrogens (tertiary/aromatic N) is 3. The number of aromatic nitrogens is 1. The third-order valence-corrected chi connectivity index (χ3v) is 5.23. The van der Waals surface area contributed by atoms with Crippen molar-refractivity contribution in [2.24, 2.45) is 0 Å². The maximum Gasteiger partial charge on any atom is 0.256 e. The number of fused-ring (bicyclic) bond motifs is 1. The van der Waals surface area contributed by atoms with Crippen LogP contribution in [0.25, 0.3) is 10.9 Å². The fourth-order valence-electron chi connectivity index (χ4n) is 3.72. The van der Waals surface area contributed by atoms with E-state index in [1.165, 1.54) is 5.56 Å². The molecule has 138 valence electrons. The van der Waals surface area contributed by atoms with Crippen LogP contribution in [-0.4, -0.2) is 52.4 Å². The molecule has 0 bridgehead atoms. The number of hydrogen-bond donors (Lipinski definition) is 0. The number of carbonyl (C=O) groups excluding carboxylic acids is 2. The van der Waals surface area contributed by atoms with Crippen molar-refractivity contribution in [2.45, 2.75) is 13.5 Å². The highest BCUT2D eigenvalue weighted by Gasteiger charge is 2.25. The highest BCUT2D eigenvalue weighted by molar-refractivity contribution is 6.07. The van der Waals surface area contributed by atoms with Gasteiger partial charge < -0.3 is 14.4 Å². The average Bonchev–Trinajstić information content (AvgIpc) is 3.07. The van der Waals surface area contributed by atoms with Gasteiger partial charge in [-0.15, -0.1) is 0 Å². The second kappa shape index (κ2) is 7.27. The molecule has 0 aliphatic carbocycles. The molecule has 2 aromatic carbocycles. The predicted molar refractivity (Wildman–Crippen MR) is 106 cm³/mol. The van der Waals surface area contributed by atoms with Gasteiger partial charge in [-0.25, -0.2) is 0 Å². The van der Waals surface area contributed by atoms with Crippen LogP contribution < -0.4 is 0 Å². The number of carbonyl (C=O) groups is 2. The largest absolute Gasteiger partial charge is 0.342 e. The van der Waals surface area contributed by atoms with Gasteiger partial charge in [-0.3, -0.25) is 9.59 Å². The van der Waals surface area contributed by atoms with Crippen LogP contribution >= 0.6 is 0 Å². The quantitative estimate of drug-likeness (QED) is 0.720. The standard InChI is InChI=1S/C22H23N3O2/c1-17(26)23-11-13-24(14-12-23)22(27)20-16-25(15-18-7-3-2-4-8-18)21-10-6-5-9-19(20)21/h2-10,16H,11-15H2,1H3. The molecule has 1 aliphatic rings. The van der Waals surface area contributed by atoms with Gasteiger partial charge in [0.1, 0.15) is 0 Å². The number of amides is 2. The van der Waals surface area contributed by atoms with E-state index < -0.39 is 0 Å². The highest BCUT2D eigenvalue weighted by atomic mass is 16.2. The van der Waals surface area contributed by atoms with Gasteiger partial charge >= 0.3 is 0 Å². The third kappa shape index (κ3) is 3.45. The molecule has 0 radical (unpaired) electrons. The Kier molecular flexibility index (Phi) is 4.67. The topological polar surface area (TPSA) is 45.6 Å². The lowest BCUT2D eigenvalue weighted by Crippen LogP contribution is -2.50. The summed E-state index contributed by atoms with van der Waals surface area (Å²) in [6.07, 6.45) is 1.97. The summed E-state index contributed by atoms with van der Waals surface area (Å²) in [7, 11) is 0. The molecule has 1 aliphatic heterocycles. The molecule has 1 fully saturated rings. The van der Waals surface area contributed by atoms with Crippen molar-refractivity contribution in [2.75, 3.05) is 26.2 Å². The minimum absolute atomic E-state index is 0.0428.